The van der Waals surface area contributed by atoms with Gasteiger partial charge in [-0.05, 0) is 30.3 Å². The van der Waals surface area contributed by atoms with E-state index in [0.29, 0.717) is 11.8 Å². The summed E-state index contributed by atoms with van der Waals surface area (Å²) in [6, 6.07) is 21.1. The second kappa shape index (κ2) is 8.77. The van der Waals surface area contributed by atoms with E-state index in [1.165, 1.54) is 4.91 Å². The van der Waals surface area contributed by atoms with E-state index in [9.17, 15) is 4.79 Å². The summed E-state index contributed by atoms with van der Waals surface area (Å²) in [5.74, 6) is 2.99. The summed E-state index contributed by atoms with van der Waals surface area (Å²) in [5.41, 5.74) is 1.73. The number of nitrogens with one attached hydrogen (secondary N) is 1. The number of anilines is 1. The van der Waals surface area contributed by atoms with Crippen LogP contribution < -0.4 is 15.0 Å². The van der Waals surface area contributed by atoms with Gasteiger partial charge in [-0.15, -0.1) is 11.8 Å². The van der Waals surface area contributed by atoms with Crippen molar-refractivity contribution in [2.24, 2.45) is 5.41 Å². The summed E-state index contributed by atoms with van der Waals surface area (Å²) in [4.78, 5) is 27.6. The standard InChI is InChI=1S/C26H25N5O2S/c32-24(19-7-3-1-4-8-19)30-14-26(15-30)16-31(17-26)25-28-20(11-22-13-27-18-34-22)12-23(29-25)33-21-9-5-2-6-10-21/h1-12,27H,13-18H2. The van der Waals surface area contributed by atoms with E-state index in [2.05, 4.69) is 16.3 Å². The summed E-state index contributed by atoms with van der Waals surface area (Å²) in [7, 11) is 0. The predicted octanol–water partition coefficient (Wildman–Crippen LogP) is 3.87. The van der Waals surface area contributed by atoms with Crippen LogP contribution in [-0.2, 0) is 0 Å². The van der Waals surface area contributed by atoms with Crippen LogP contribution in [0.1, 0.15) is 16.1 Å². The Hall–Kier alpha value is -3.36. The van der Waals surface area contributed by atoms with Crippen molar-refractivity contribution >= 4 is 29.7 Å². The van der Waals surface area contributed by atoms with Gasteiger partial charge in [0, 0.05) is 60.6 Å². The molecule has 1 aromatic heterocycles. The molecule has 3 aliphatic heterocycles. The predicted molar refractivity (Wildman–Crippen MR) is 134 cm³/mol. The minimum atomic E-state index is 0.107. The van der Waals surface area contributed by atoms with Gasteiger partial charge < -0.3 is 19.9 Å². The fraction of sp³-hybridized carbons (Fsp3) is 0.269. The van der Waals surface area contributed by atoms with Crippen molar-refractivity contribution in [3.8, 4) is 11.6 Å². The molecule has 172 valence electrons. The molecule has 0 saturated carbocycles. The molecule has 3 aromatic rings. The Kier molecular flexibility index (Phi) is 5.47. The largest absolute Gasteiger partial charge is 0.439 e. The van der Waals surface area contributed by atoms with Gasteiger partial charge in [0.05, 0.1) is 5.69 Å². The Balaban J connectivity index is 1.17. The van der Waals surface area contributed by atoms with Crippen LogP contribution in [0.2, 0.25) is 0 Å². The molecule has 0 aliphatic carbocycles. The number of ether oxygens (including phenoxy) is 1. The monoisotopic (exact) mass is 471 g/mol. The molecule has 3 saturated heterocycles. The van der Waals surface area contributed by atoms with Crippen molar-refractivity contribution in [2.45, 2.75) is 0 Å². The molecule has 8 heteroatoms. The Morgan fingerprint density at radius 3 is 2.44 bits per heavy atom. The molecular formula is C26H25N5O2S. The quantitative estimate of drug-likeness (QED) is 0.606. The highest BCUT2D eigenvalue weighted by atomic mass is 32.2. The van der Waals surface area contributed by atoms with Gasteiger partial charge >= 0.3 is 0 Å². The minimum Gasteiger partial charge on any atom is -0.439 e. The molecule has 3 fully saturated rings. The van der Waals surface area contributed by atoms with Gasteiger partial charge in [-0.2, -0.15) is 4.98 Å². The normalized spacial score (nSPS) is 19.7. The van der Waals surface area contributed by atoms with Gasteiger partial charge in [0.2, 0.25) is 11.8 Å². The van der Waals surface area contributed by atoms with E-state index in [1.807, 2.05) is 71.6 Å². The van der Waals surface area contributed by atoms with Crippen LogP contribution in [0, 0.1) is 5.41 Å². The molecule has 4 heterocycles. The molecule has 0 unspecified atom stereocenters. The molecule has 2 aromatic carbocycles. The lowest BCUT2D eigenvalue weighted by Gasteiger charge is -2.60. The molecule has 1 N–H and O–H groups in total. The number of amides is 1. The topological polar surface area (TPSA) is 70.6 Å². The van der Waals surface area contributed by atoms with Crippen molar-refractivity contribution in [1.82, 2.24) is 20.2 Å². The van der Waals surface area contributed by atoms with Crippen molar-refractivity contribution in [1.29, 1.82) is 0 Å². The molecule has 7 nitrogen and oxygen atoms in total. The number of benzene rings is 2. The van der Waals surface area contributed by atoms with Crippen LogP contribution in [-0.4, -0.2) is 59.4 Å². The first kappa shape index (κ1) is 21.2. The number of thioether (sulfide) groups is 1. The van der Waals surface area contributed by atoms with Crippen LogP contribution in [0.25, 0.3) is 6.08 Å². The van der Waals surface area contributed by atoms with Crippen LogP contribution in [0.3, 0.4) is 0 Å². The molecule has 34 heavy (non-hydrogen) atoms. The molecule has 0 atom stereocenters. The first-order chi connectivity index (χ1) is 16.7. The zero-order valence-corrected chi connectivity index (χ0v) is 19.5. The maximum atomic E-state index is 12.7. The van der Waals surface area contributed by atoms with Gasteiger partial charge in [-0.1, -0.05) is 36.4 Å². The van der Waals surface area contributed by atoms with Crippen molar-refractivity contribution in [2.75, 3.05) is 43.5 Å². The van der Waals surface area contributed by atoms with Gasteiger partial charge in [0.25, 0.3) is 5.91 Å². The summed E-state index contributed by atoms with van der Waals surface area (Å²) in [6.45, 7) is 4.09. The highest BCUT2D eigenvalue weighted by Crippen LogP contribution is 2.42. The third kappa shape index (κ3) is 4.26. The van der Waals surface area contributed by atoms with Gasteiger partial charge in [0.15, 0.2) is 0 Å². The lowest BCUT2D eigenvalue weighted by molar-refractivity contribution is -0.0111. The third-order valence-electron chi connectivity index (χ3n) is 6.34. The fourth-order valence-corrected chi connectivity index (χ4v) is 5.51. The maximum absolute atomic E-state index is 12.7. The second-order valence-corrected chi connectivity index (χ2v) is 10.2. The summed E-state index contributed by atoms with van der Waals surface area (Å²) >= 11 is 1.79. The smallest absolute Gasteiger partial charge is 0.253 e. The van der Waals surface area contributed by atoms with Gasteiger partial charge in [0.1, 0.15) is 5.75 Å². The number of nitrogens with zero attached hydrogens (tertiary/aromatic N) is 4. The molecule has 0 bridgehead atoms. The molecule has 1 spiro atoms. The maximum Gasteiger partial charge on any atom is 0.253 e. The number of likely N-dealkylation sites (tertiary alicyclic amines) is 1. The molecular weight excluding hydrogens is 446 g/mol. The van der Waals surface area contributed by atoms with E-state index in [-0.39, 0.29) is 11.3 Å². The van der Waals surface area contributed by atoms with Gasteiger partial charge in [-0.25, -0.2) is 4.98 Å². The number of carbonyl (C=O) groups excluding carboxylic acids is 1. The Morgan fingerprint density at radius 2 is 1.74 bits per heavy atom. The lowest BCUT2D eigenvalue weighted by Crippen LogP contribution is -2.73. The van der Waals surface area contributed by atoms with E-state index < -0.39 is 0 Å². The summed E-state index contributed by atoms with van der Waals surface area (Å²) in [6.07, 6.45) is 2.10. The van der Waals surface area contributed by atoms with Crippen LogP contribution in [0.5, 0.6) is 11.6 Å². The van der Waals surface area contributed by atoms with E-state index in [4.69, 9.17) is 14.7 Å². The number of hydrogen-bond donors (Lipinski definition) is 1. The highest BCUT2D eigenvalue weighted by Gasteiger charge is 2.54. The zero-order chi connectivity index (χ0) is 23.0. The Bertz CT molecular complexity index is 1210. The number of para-hydroxylation sites is 1. The zero-order valence-electron chi connectivity index (χ0n) is 18.7. The first-order valence-electron chi connectivity index (χ1n) is 11.4. The number of rotatable bonds is 5. The summed E-state index contributed by atoms with van der Waals surface area (Å²) in [5, 5.41) is 3.34. The van der Waals surface area contributed by atoms with Gasteiger partial charge in [-0.3, -0.25) is 4.79 Å². The number of aromatic nitrogens is 2. The average molecular weight is 472 g/mol. The third-order valence-corrected chi connectivity index (χ3v) is 7.32. The van der Waals surface area contributed by atoms with Crippen LogP contribution in [0.4, 0.5) is 5.95 Å². The number of carbonyl (C=O) groups is 1. The van der Waals surface area contributed by atoms with Crippen LogP contribution in [0.15, 0.2) is 71.6 Å². The highest BCUT2D eigenvalue weighted by molar-refractivity contribution is 8.03. The minimum absolute atomic E-state index is 0.107. The average Bonchev–Trinajstić information content (AvgIpc) is 3.31. The molecule has 0 radical (unpaired) electrons. The second-order valence-electron chi connectivity index (χ2n) is 9.06. The molecule has 6 rings (SSSR count). The summed E-state index contributed by atoms with van der Waals surface area (Å²) < 4.78 is 6.05. The first-order valence-corrected chi connectivity index (χ1v) is 12.4. The molecule has 1 amide bonds. The van der Waals surface area contributed by atoms with Crippen molar-refractivity contribution < 1.29 is 9.53 Å². The lowest BCUT2D eigenvalue weighted by atomic mass is 9.72. The van der Waals surface area contributed by atoms with E-state index in [0.717, 1.165) is 55.6 Å². The Morgan fingerprint density at radius 1 is 1.00 bits per heavy atom. The van der Waals surface area contributed by atoms with E-state index in [1.54, 1.807) is 11.8 Å². The Labute approximate surface area is 202 Å². The SMILES string of the molecule is O=C(c1ccccc1)N1CC2(C1)CN(c1nc(C=C3CNCS3)cc(Oc3ccccc3)n1)C2. The van der Waals surface area contributed by atoms with Crippen molar-refractivity contribution in [3.63, 3.8) is 0 Å². The van der Waals surface area contributed by atoms with Crippen LogP contribution >= 0.6 is 11.8 Å². The van der Waals surface area contributed by atoms with E-state index >= 15 is 0 Å². The molecule has 3 aliphatic rings. The van der Waals surface area contributed by atoms with Crippen molar-refractivity contribution in [3.05, 3.63) is 82.9 Å². The number of hydrogen-bond acceptors (Lipinski definition) is 7. The fourth-order valence-electron chi connectivity index (χ4n) is 4.71.